The number of piperazine rings is 1. The van der Waals surface area contributed by atoms with E-state index in [1.807, 2.05) is 24.3 Å². The largest absolute Gasteiger partial charge is 0.340 e. The molecule has 1 saturated heterocycles. The molecule has 1 aliphatic rings. The summed E-state index contributed by atoms with van der Waals surface area (Å²) in [5, 5.41) is 0. The van der Waals surface area contributed by atoms with Crippen LogP contribution in [0.1, 0.15) is 0 Å². The second-order valence-corrected chi connectivity index (χ2v) is 7.60. The summed E-state index contributed by atoms with van der Waals surface area (Å²) >= 11 is 0. The summed E-state index contributed by atoms with van der Waals surface area (Å²) in [7, 11) is -3.48. The van der Waals surface area contributed by atoms with Gasteiger partial charge in [0, 0.05) is 38.6 Å². The van der Waals surface area contributed by atoms with Crippen molar-refractivity contribution in [2.75, 3.05) is 31.1 Å². The first-order chi connectivity index (χ1) is 11.6. The molecule has 8 heteroatoms. The van der Waals surface area contributed by atoms with Gasteiger partial charge in [0.25, 0.3) is 0 Å². The molecule has 124 valence electrons. The number of benzene rings is 1. The van der Waals surface area contributed by atoms with Gasteiger partial charge in [-0.25, -0.2) is 13.4 Å². The number of nitrogens with one attached hydrogen (secondary N) is 1. The number of aromatic nitrogens is 3. The number of imidazole rings is 1. The third-order valence-electron chi connectivity index (χ3n) is 4.19. The summed E-state index contributed by atoms with van der Waals surface area (Å²) in [6, 6.07) is 11.1. The molecule has 1 aromatic carbocycles. The predicted octanol–water partition coefficient (Wildman–Crippen LogP) is 1.47. The number of aromatic amines is 1. The molecule has 3 heterocycles. The lowest BCUT2D eigenvalue weighted by atomic mass is 10.3. The van der Waals surface area contributed by atoms with Crippen LogP contribution in [-0.4, -0.2) is 53.9 Å². The van der Waals surface area contributed by atoms with E-state index in [0.717, 1.165) is 17.0 Å². The van der Waals surface area contributed by atoms with E-state index in [4.69, 9.17) is 0 Å². The quantitative estimate of drug-likeness (QED) is 0.779. The zero-order chi connectivity index (χ0) is 16.6. The highest BCUT2D eigenvalue weighted by Gasteiger charge is 2.29. The van der Waals surface area contributed by atoms with Gasteiger partial charge in [0.1, 0.15) is 4.90 Å². The number of hydrogen-bond acceptors (Lipinski definition) is 5. The molecule has 0 saturated carbocycles. The SMILES string of the molecule is O=S(=O)(c1cccnc1)N1CCN(c2nc3ccccc3[nH]2)CC1. The standard InChI is InChI=1S/C16H17N5O2S/c22-24(23,13-4-3-7-17-12-13)21-10-8-20(9-11-21)16-18-14-5-1-2-6-15(14)19-16/h1-7,12H,8-11H2,(H,18,19). The fourth-order valence-electron chi connectivity index (χ4n) is 2.88. The molecule has 1 N–H and O–H groups in total. The van der Waals surface area contributed by atoms with Crippen LogP contribution in [0.2, 0.25) is 0 Å². The van der Waals surface area contributed by atoms with Crippen molar-refractivity contribution in [3.63, 3.8) is 0 Å². The Bertz CT molecular complexity index is 914. The van der Waals surface area contributed by atoms with Crippen molar-refractivity contribution in [2.45, 2.75) is 4.90 Å². The van der Waals surface area contributed by atoms with Crippen LogP contribution in [-0.2, 0) is 10.0 Å². The van der Waals surface area contributed by atoms with Crippen LogP contribution >= 0.6 is 0 Å². The molecular weight excluding hydrogens is 326 g/mol. The zero-order valence-electron chi connectivity index (χ0n) is 13.0. The molecule has 1 fully saturated rings. The first-order valence-electron chi connectivity index (χ1n) is 7.74. The maximum atomic E-state index is 12.6. The average molecular weight is 343 g/mol. The van der Waals surface area contributed by atoms with E-state index in [9.17, 15) is 8.42 Å². The number of H-pyrrole nitrogens is 1. The highest BCUT2D eigenvalue weighted by atomic mass is 32.2. The van der Waals surface area contributed by atoms with E-state index in [1.54, 1.807) is 18.3 Å². The van der Waals surface area contributed by atoms with Crippen LogP contribution in [0.5, 0.6) is 0 Å². The lowest BCUT2D eigenvalue weighted by Gasteiger charge is -2.33. The lowest BCUT2D eigenvalue weighted by molar-refractivity contribution is 0.383. The van der Waals surface area contributed by atoms with Crippen molar-refractivity contribution < 1.29 is 8.42 Å². The molecule has 0 aliphatic carbocycles. The van der Waals surface area contributed by atoms with Gasteiger partial charge in [-0.2, -0.15) is 4.31 Å². The molecule has 0 amide bonds. The second-order valence-electron chi connectivity index (χ2n) is 5.66. The van der Waals surface area contributed by atoms with Crippen molar-refractivity contribution in [3.8, 4) is 0 Å². The van der Waals surface area contributed by atoms with Gasteiger partial charge in [-0.3, -0.25) is 4.98 Å². The Kier molecular flexibility index (Phi) is 3.70. The van der Waals surface area contributed by atoms with E-state index in [2.05, 4.69) is 19.9 Å². The van der Waals surface area contributed by atoms with Gasteiger partial charge in [0.05, 0.1) is 11.0 Å². The Morgan fingerprint density at radius 3 is 2.50 bits per heavy atom. The van der Waals surface area contributed by atoms with Gasteiger partial charge in [0.2, 0.25) is 16.0 Å². The monoisotopic (exact) mass is 343 g/mol. The highest BCUT2D eigenvalue weighted by Crippen LogP contribution is 2.21. The first-order valence-corrected chi connectivity index (χ1v) is 9.18. The van der Waals surface area contributed by atoms with Crippen molar-refractivity contribution in [3.05, 3.63) is 48.8 Å². The minimum Gasteiger partial charge on any atom is -0.340 e. The van der Waals surface area contributed by atoms with E-state index >= 15 is 0 Å². The number of fused-ring (bicyclic) bond motifs is 1. The van der Waals surface area contributed by atoms with Crippen LogP contribution in [0.4, 0.5) is 5.95 Å². The molecular formula is C16H17N5O2S. The highest BCUT2D eigenvalue weighted by molar-refractivity contribution is 7.89. The van der Waals surface area contributed by atoms with Gasteiger partial charge < -0.3 is 9.88 Å². The summed E-state index contributed by atoms with van der Waals surface area (Å²) in [6.07, 6.45) is 2.96. The molecule has 0 unspecified atom stereocenters. The third kappa shape index (κ3) is 2.63. The number of pyridine rings is 1. The Balaban J connectivity index is 1.50. The Morgan fingerprint density at radius 1 is 1.00 bits per heavy atom. The zero-order valence-corrected chi connectivity index (χ0v) is 13.8. The van der Waals surface area contributed by atoms with E-state index < -0.39 is 10.0 Å². The van der Waals surface area contributed by atoms with Crippen molar-refractivity contribution in [1.29, 1.82) is 0 Å². The normalized spacial score (nSPS) is 16.6. The van der Waals surface area contributed by atoms with Crippen molar-refractivity contribution >= 4 is 27.0 Å². The maximum Gasteiger partial charge on any atom is 0.244 e. The number of rotatable bonds is 3. The maximum absolute atomic E-state index is 12.6. The Morgan fingerprint density at radius 2 is 1.79 bits per heavy atom. The second kappa shape index (κ2) is 5.88. The smallest absolute Gasteiger partial charge is 0.244 e. The molecule has 1 aliphatic heterocycles. The minimum atomic E-state index is -3.48. The van der Waals surface area contributed by atoms with E-state index in [1.165, 1.54) is 10.5 Å². The summed E-state index contributed by atoms with van der Waals surface area (Å²) in [6.45, 7) is 2.04. The molecule has 0 spiro atoms. The Labute approximate surface area is 140 Å². The molecule has 0 radical (unpaired) electrons. The summed E-state index contributed by atoms with van der Waals surface area (Å²) < 4.78 is 26.7. The molecule has 7 nitrogen and oxygen atoms in total. The van der Waals surface area contributed by atoms with Crippen LogP contribution in [0.25, 0.3) is 11.0 Å². The van der Waals surface area contributed by atoms with Crippen molar-refractivity contribution in [1.82, 2.24) is 19.3 Å². The topological polar surface area (TPSA) is 82.2 Å². The van der Waals surface area contributed by atoms with Gasteiger partial charge in [-0.1, -0.05) is 12.1 Å². The third-order valence-corrected chi connectivity index (χ3v) is 6.07. The van der Waals surface area contributed by atoms with Gasteiger partial charge in [-0.15, -0.1) is 0 Å². The molecule has 2 aromatic heterocycles. The van der Waals surface area contributed by atoms with Gasteiger partial charge >= 0.3 is 0 Å². The van der Waals surface area contributed by atoms with Crippen LogP contribution in [0.3, 0.4) is 0 Å². The number of sulfonamides is 1. The average Bonchev–Trinajstić information content (AvgIpc) is 3.07. The van der Waals surface area contributed by atoms with Crippen LogP contribution in [0, 0.1) is 0 Å². The number of anilines is 1. The minimum absolute atomic E-state index is 0.238. The predicted molar refractivity (Wildman–Crippen MR) is 91.3 cm³/mol. The lowest BCUT2D eigenvalue weighted by Crippen LogP contribution is -2.49. The summed E-state index contributed by atoms with van der Waals surface area (Å²) in [5.41, 5.74) is 1.90. The Hall–Kier alpha value is -2.45. The number of hydrogen-bond donors (Lipinski definition) is 1. The van der Waals surface area contributed by atoms with E-state index in [-0.39, 0.29) is 4.90 Å². The summed E-state index contributed by atoms with van der Waals surface area (Å²) in [5.74, 6) is 0.787. The molecule has 0 atom stereocenters. The van der Waals surface area contributed by atoms with Gasteiger partial charge in [-0.05, 0) is 24.3 Å². The number of nitrogens with zero attached hydrogens (tertiary/aromatic N) is 4. The molecule has 3 aromatic rings. The van der Waals surface area contributed by atoms with Crippen molar-refractivity contribution in [2.24, 2.45) is 0 Å². The molecule has 0 bridgehead atoms. The van der Waals surface area contributed by atoms with Crippen LogP contribution < -0.4 is 4.90 Å². The molecule has 4 rings (SSSR count). The number of para-hydroxylation sites is 2. The van der Waals surface area contributed by atoms with E-state index in [0.29, 0.717) is 26.2 Å². The summed E-state index contributed by atoms with van der Waals surface area (Å²) in [4.78, 5) is 14.1. The fourth-order valence-corrected chi connectivity index (χ4v) is 4.26. The fraction of sp³-hybridized carbons (Fsp3) is 0.250. The first kappa shape index (κ1) is 15.1. The molecule has 24 heavy (non-hydrogen) atoms. The van der Waals surface area contributed by atoms with Gasteiger partial charge in [0.15, 0.2) is 0 Å². The van der Waals surface area contributed by atoms with Crippen LogP contribution in [0.15, 0.2) is 53.7 Å².